The molecule has 0 spiro atoms. The molecule has 0 radical (unpaired) electrons. The predicted molar refractivity (Wildman–Crippen MR) is 107 cm³/mol. The Labute approximate surface area is 161 Å². The molecule has 3 N–H and O–H groups in total. The number of nitrogens with two attached hydrogens (primary N) is 1. The number of carbonyl (C=O) groups excluding carboxylic acids is 1. The van der Waals surface area contributed by atoms with Gasteiger partial charge in [-0.05, 0) is 44.7 Å². The maximum atomic E-state index is 12.7. The third kappa shape index (κ3) is 3.83. The van der Waals surface area contributed by atoms with Crippen LogP contribution in [0.25, 0.3) is 11.3 Å². The Morgan fingerprint density at radius 2 is 2.07 bits per heavy atom. The number of nitrogen functional groups attached to an aromatic ring is 1. The van der Waals surface area contributed by atoms with E-state index in [4.69, 9.17) is 10.7 Å². The summed E-state index contributed by atoms with van der Waals surface area (Å²) >= 11 is 1.73. The zero-order valence-electron chi connectivity index (χ0n) is 15.1. The largest absolute Gasteiger partial charge is 0.384 e. The summed E-state index contributed by atoms with van der Waals surface area (Å²) < 4.78 is 0. The first kappa shape index (κ1) is 17.6. The molecule has 3 aromatic rings. The Kier molecular flexibility index (Phi) is 4.85. The number of thiazole rings is 1. The van der Waals surface area contributed by atoms with E-state index in [9.17, 15) is 4.79 Å². The number of rotatable bonds is 4. The Morgan fingerprint density at radius 1 is 1.22 bits per heavy atom. The number of aromatic nitrogens is 3. The van der Waals surface area contributed by atoms with E-state index in [0.29, 0.717) is 17.1 Å². The Hall–Kier alpha value is -2.80. The number of carbonyl (C=O) groups is 1. The number of fused-ring (bicyclic) bond motifs is 1. The molecule has 0 saturated carbocycles. The van der Waals surface area contributed by atoms with Crippen LogP contribution in [0.4, 0.5) is 5.82 Å². The molecule has 27 heavy (non-hydrogen) atoms. The van der Waals surface area contributed by atoms with Gasteiger partial charge in [0.05, 0.1) is 17.4 Å². The van der Waals surface area contributed by atoms with Gasteiger partial charge in [0, 0.05) is 22.1 Å². The van der Waals surface area contributed by atoms with Crippen LogP contribution in [0.3, 0.4) is 0 Å². The highest BCUT2D eigenvalue weighted by atomic mass is 32.1. The second-order valence-electron chi connectivity index (χ2n) is 6.73. The van der Waals surface area contributed by atoms with Crippen LogP contribution in [-0.2, 0) is 12.8 Å². The van der Waals surface area contributed by atoms with Crippen molar-refractivity contribution in [2.75, 3.05) is 5.73 Å². The van der Waals surface area contributed by atoms with Gasteiger partial charge in [0.1, 0.15) is 17.2 Å². The number of anilines is 1. The van der Waals surface area contributed by atoms with E-state index >= 15 is 0 Å². The first-order valence-electron chi connectivity index (χ1n) is 9.07. The second kappa shape index (κ2) is 7.44. The molecule has 1 atom stereocenters. The molecule has 1 aromatic carbocycles. The van der Waals surface area contributed by atoms with Crippen LogP contribution in [0.15, 0.2) is 36.7 Å². The minimum atomic E-state index is -0.125. The highest BCUT2D eigenvalue weighted by Gasteiger charge is 2.20. The molecule has 1 aliphatic rings. The zero-order chi connectivity index (χ0) is 18.8. The summed E-state index contributed by atoms with van der Waals surface area (Å²) in [4.78, 5) is 27.0. The van der Waals surface area contributed by atoms with Crippen LogP contribution in [0, 0.1) is 0 Å². The van der Waals surface area contributed by atoms with Gasteiger partial charge in [0.25, 0.3) is 5.91 Å². The summed E-state index contributed by atoms with van der Waals surface area (Å²) in [6.45, 7) is 1.98. The van der Waals surface area contributed by atoms with E-state index < -0.39 is 0 Å². The number of benzene rings is 1. The highest BCUT2D eigenvalue weighted by Crippen LogP contribution is 2.30. The first-order valence-corrected chi connectivity index (χ1v) is 9.89. The average molecular weight is 379 g/mol. The molecule has 6 nitrogen and oxygen atoms in total. The molecule has 2 aromatic heterocycles. The minimum Gasteiger partial charge on any atom is -0.384 e. The first-order chi connectivity index (χ1) is 13.1. The van der Waals surface area contributed by atoms with Crippen molar-refractivity contribution in [3.8, 4) is 11.3 Å². The maximum absolute atomic E-state index is 12.7. The van der Waals surface area contributed by atoms with Gasteiger partial charge < -0.3 is 11.1 Å². The lowest BCUT2D eigenvalue weighted by Gasteiger charge is -2.12. The SMILES string of the molecule is C[C@@H](NC(=O)c1cccc(-c2cc(N)ncn2)c1)c1nc2c(s1)CCCC2. The van der Waals surface area contributed by atoms with Gasteiger partial charge >= 0.3 is 0 Å². The summed E-state index contributed by atoms with van der Waals surface area (Å²) in [6.07, 6.45) is 6.02. The molecule has 0 bridgehead atoms. The van der Waals surface area contributed by atoms with Crippen LogP contribution in [0.2, 0.25) is 0 Å². The number of amides is 1. The van der Waals surface area contributed by atoms with Crippen molar-refractivity contribution in [2.24, 2.45) is 0 Å². The van der Waals surface area contributed by atoms with Crippen molar-refractivity contribution in [3.63, 3.8) is 0 Å². The standard InChI is InChI=1S/C20H21N5OS/c1-12(20-25-15-7-2-3-8-17(15)27-20)24-19(26)14-6-4-5-13(9-14)16-10-18(21)23-11-22-16/h4-6,9-12H,2-3,7-8H2,1H3,(H,24,26)(H2,21,22,23)/t12-/m1/s1. The summed E-state index contributed by atoms with van der Waals surface area (Å²) in [5, 5.41) is 4.04. The topological polar surface area (TPSA) is 93.8 Å². The van der Waals surface area contributed by atoms with Crippen LogP contribution in [0.5, 0.6) is 0 Å². The van der Waals surface area contributed by atoms with E-state index in [2.05, 4.69) is 15.3 Å². The molecule has 1 amide bonds. The fourth-order valence-corrected chi connectivity index (χ4v) is 4.40. The second-order valence-corrected chi connectivity index (χ2v) is 7.85. The Bertz CT molecular complexity index is 961. The van der Waals surface area contributed by atoms with E-state index in [1.165, 1.54) is 29.7 Å². The number of nitrogens with one attached hydrogen (secondary N) is 1. The van der Waals surface area contributed by atoms with Gasteiger partial charge in [0.15, 0.2) is 0 Å². The number of aryl methyl sites for hydroxylation is 2. The van der Waals surface area contributed by atoms with Gasteiger partial charge in [-0.1, -0.05) is 12.1 Å². The highest BCUT2D eigenvalue weighted by molar-refractivity contribution is 7.11. The van der Waals surface area contributed by atoms with Gasteiger partial charge in [0.2, 0.25) is 0 Å². The van der Waals surface area contributed by atoms with Crippen LogP contribution < -0.4 is 11.1 Å². The molecule has 0 saturated heterocycles. The zero-order valence-corrected chi connectivity index (χ0v) is 15.9. The normalized spacial score (nSPS) is 14.4. The fourth-order valence-electron chi connectivity index (χ4n) is 3.25. The molecule has 0 unspecified atom stereocenters. The van der Waals surface area contributed by atoms with E-state index in [1.54, 1.807) is 23.5 Å². The van der Waals surface area contributed by atoms with Crippen molar-refractivity contribution < 1.29 is 4.79 Å². The number of hydrogen-bond acceptors (Lipinski definition) is 6. The summed E-state index contributed by atoms with van der Waals surface area (Å²) in [6, 6.07) is 8.93. The average Bonchev–Trinajstić information content (AvgIpc) is 3.12. The third-order valence-corrected chi connectivity index (χ3v) is 6.03. The van der Waals surface area contributed by atoms with E-state index in [1.807, 2.05) is 25.1 Å². The lowest BCUT2D eigenvalue weighted by molar-refractivity contribution is 0.0940. The summed E-state index contributed by atoms with van der Waals surface area (Å²) in [7, 11) is 0. The monoisotopic (exact) mass is 379 g/mol. The molecular weight excluding hydrogens is 358 g/mol. The molecule has 2 heterocycles. The quantitative estimate of drug-likeness (QED) is 0.723. The molecule has 138 valence electrons. The maximum Gasteiger partial charge on any atom is 0.251 e. The molecule has 4 rings (SSSR count). The molecule has 7 heteroatoms. The van der Waals surface area contributed by atoms with Gasteiger partial charge in [-0.25, -0.2) is 15.0 Å². The van der Waals surface area contributed by atoms with Crippen molar-refractivity contribution in [3.05, 3.63) is 57.8 Å². The van der Waals surface area contributed by atoms with Gasteiger partial charge in [-0.3, -0.25) is 4.79 Å². The molecular formula is C20H21N5OS. The smallest absolute Gasteiger partial charge is 0.251 e. The van der Waals surface area contributed by atoms with Gasteiger partial charge in [-0.2, -0.15) is 0 Å². The van der Waals surface area contributed by atoms with Crippen molar-refractivity contribution in [1.29, 1.82) is 0 Å². The number of nitrogens with zero attached hydrogens (tertiary/aromatic N) is 3. The molecule has 1 aliphatic carbocycles. The van der Waals surface area contributed by atoms with E-state index in [0.717, 1.165) is 23.4 Å². The van der Waals surface area contributed by atoms with Crippen LogP contribution in [-0.4, -0.2) is 20.9 Å². The summed E-state index contributed by atoms with van der Waals surface area (Å²) in [5.74, 6) is 0.274. The van der Waals surface area contributed by atoms with Gasteiger partial charge in [-0.15, -0.1) is 11.3 Å². The van der Waals surface area contributed by atoms with Crippen molar-refractivity contribution >= 4 is 23.1 Å². The lowest BCUT2D eigenvalue weighted by Crippen LogP contribution is -2.26. The van der Waals surface area contributed by atoms with Crippen LogP contribution in [0.1, 0.15) is 51.7 Å². The summed E-state index contributed by atoms with van der Waals surface area (Å²) in [5.41, 5.74) is 9.04. The minimum absolute atomic E-state index is 0.119. The number of hydrogen-bond donors (Lipinski definition) is 2. The van der Waals surface area contributed by atoms with E-state index in [-0.39, 0.29) is 11.9 Å². The predicted octanol–water partition coefficient (Wildman–Crippen LogP) is 3.55. The van der Waals surface area contributed by atoms with Crippen LogP contribution >= 0.6 is 11.3 Å². The third-order valence-electron chi connectivity index (χ3n) is 4.69. The Balaban J connectivity index is 1.51. The fraction of sp³-hybridized carbons (Fsp3) is 0.300. The van der Waals surface area contributed by atoms with Crippen molar-refractivity contribution in [1.82, 2.24) is 20.3 Å². The lowest BCUT2D eigenvalue weighted by atomic mass is 10.0. The van der Waals surface area contributed by atoms with Crippen molar-refractivity contribution in [2.45, 2.75) is 38.6 Å². The Morgan fingerprint density at radius 3 is 2.89 bits per heavy atom. The molecule has 0 aliphatic heterocycles. The molecule has 0 fully saturated rings.